The van der Waals surface area contributed by atoms with Gasteiger partial charge in [-0.3, -0.25) is 9.59 Å². The van der Waals surface area contributed by atoms with Gasteiger partial charge in [0.2, 0.25) is 12.7 Å². The number of thiazole rings is 1. The predicted octanol–water partition coefficient (Wildman–Crippen LogP) is 2.97. The summed E-state index contributed by atoms with van der Waals surface area (Å²) in [6, 6.07) is 11.1. The lowest BCUT2D eigenvalue weighted by Gasteiger charge is -2.06. The molecule has 3 aromatic rings. The standard InChI is InChI=1S/C20H16FN3O4S/c21-14-3-1-2-12(6-14)7-15-9-23-20(29-15)24-18(25)10-22-19(26)13-4-5-16-17(8-13)28-11-27-16/h1-6,8-9H,7,10-11H2,(H,22,26)(H,23,24,25). The van der Waals surface area contributed by atoms with Gasteiger partial charge in [-0.1, -0.05) is 12.1 Å². The van der Waals surface area contributed by atoms with E-state index in [9.17, 15) is 14.0 Å². The Hall–Kier alpha value is -3.46. The van der Waals surface area contributed by atoms with Gasteiger partial charge in [-0.25, -0.2) is 9.37 Å². The second-order valence-electron chi connectivity index (χ2n) is 6.24. The first kappa shape index (κ1) is 18.9. The highest BCUT2D eigenvalue weighted by Gasteiger charge is 2.17. The highest BCUT2D eigenvalue weighted by Crippen LogP contribution is 2.32. The Labute approximate surface area is 169 Å². The first-order chi connectivity index (χ1) is 14.1. The van der Waals surface area contributed by atoms with Crippen molar-refractivity contribution in [2.75, 3.05) is 18.7 Å². The van der Waals surface area contributed by atoms with Gasteiger partial charge in [0, 0.05) is 23.1 Å². The summed E-state index contributed by atoms with van der Waals surface area (Å²) < 4.78 is 23.7. The monoisotopic (exact) mass is 413 g/mol. The fraction of sp³-hybridized carbons (Fsp3) is 0.150. The number of anilines is 1. The second-order valence-corrected chi connectivity index (χ2v) is 7.35. The zero-order valence-electron chi connectivity index (χ0n) is 15.1. The molecular formula is C20H16FN3O4S. The Kier molecular flexibility index (Phi) is 5.39. The van der Waals surface area contributed by atoms with Gasteiger partial charge in [0.1, 0.15) is 5.82 Å². The molecule has 0 saturated heterocycles. The Morgan fingerprint density at radius 3 is 2.86 bits per heavy atom. The molecule has 0 aliphatic carbocycles. The number of benzene rings is 2. The molecule has 1 aromatic heterocycles. The molecule has 0 spiro atoms. The predicted molar refractivity (Wildman–Crippen MR) is 105 cm³/mol. The van der Waals surface area contributed by atoms with Crippen molar-refractivity contribution in [2.24, 2.45) is 0 Å². The normalized spacial score (nSPS) is 11.9. The van der Waals surface area contributed by atoms with E-state index in [0.717, 1.165) is 10.4 Å². The maximum Gasteiger partial charge on any atom is 0.251 e. The summed E-state index contributed by atoms with van der Waals surface area (Å²) in [5.41, 5.74) is 1.19. The van der Waals surface area contributed by atoms with Crippen molar-refractivity contribution in [1.29, 1.82) is 0 Å². The van der Waals surface area contributed by atoms with Crippen LogP contribution in [0.3, 0.4) is 0 Å². The molecule has 1 aliphatic rings. The number of fused-ring (bicyclic) bond motifs is 1. The highest BCUT2D eigenvalue weighted by atomic mass is 32.1. The van der Waals surface area contributed by atoms with E-state index in [2.05, 4.69) is 15.6 Å². The van der Waals surface area contributed by atoms with Crippen molar-refractivity contribution >= 4 is 28.3 Å². The average Bonchev–Trinajstić information content (AvgIpc) is 3.34. The first-order valence-electron chi connectivity index (χ1n) is 8.74. The number of hydrogen-bond acceptors (Lipinski definition) is 6. The maximum atomic E-state index is 13.3. The summed E-state index contributed by atoms with van der Waals surface area (Å²) in [6.07, 6.45) is 2.16. The van der Waals surface area contributed by atoms with Crippen molar-refractivity contribution in [3.8, 4) is 11.5 Å². The summed E-state index contributed by atoms with van der Waals surface area (Å²) in [5.74, 6) is -0.0123. The molecule has 9 heteroatoms. The smallest absolute Gasteiger partial charge is 0.251 e. The van der Waals surface area contributed by atoms with Gasteiger partial charge in [-0.2, -0.15) is 0 Å². The van der Waals surface area contributed by atoms with Crippen molar-refractivity contribution in [2.45, 2.75) is 6.42 Å². The minimum Gasteiger partial charge on any atom is -0.454 e. The molecule has 0 saturated carbocycles. The van der Waals surface area contributed by atoms with Crippen molar-refractivity contribution < 1.29 is 23.5 Å². The number of aromatic nitrogens is 1. The van der Waals surface area contributed by atoms with Crippen molar-refractivity contribution in [1.82, 2.24) is 10.3 Å². The SMILES string of the molecule is O=C(CNC(=O)c1ccc2c(c1)OCO2)Nc1ncc(Cc2cccc(F)c2)s1. The lowest BCUT2D eigenvalue weighted by molar-refractivity contribution is -0.115. The van der Waals surface area contributed by atoms with Gasteiger partial charge in [-0.15, -0.1) is 11.3 Å². The number of nitrogens with one attached hydrogen (secondary N) is 2. The first-order valence-corrected chi connectivity index (χ1v) is 9.55. The van der Waals surface area contributed by atoms with E-state index in [1.54, 1.807) is 30.5 Å². The molecule has 2 heterocycles. The molecule has 0 atom stereocenters. The molecule has 0 radical (unpaired) electrons. The number of halogens is 1. The number of hydrogen-bond donors (Lipinski definition) is 2. The maximum absolute atomic E-state index is 13.3. The molecule has 4 rings (SSSR count). The fourth-order valence-electron chi connectivity index (χ4n) is 2.76. The molecular weight excluding hydrogens is 397 g/mol. The fourth-order valence-corrected chi connectivity index (χ4v) is 3.62. The van der Waals surface area contributed by atoms with Crippen LogP contribution in [0.2, 0.25) is 0 Å². The van der Waals surface area contributed by atoms with Crippen LogP contribution in [-0.2, 0) is 11.2 Å². The number of carbonyl (C=O) groups excluding carboxylic acids is 2. The number of nitrogens with zero attached hydrogens (tertiary/aromatic N) is 1. The molecule has 1 aliphatic heterocycles. The number of carbonyl (C=O) groups is 2. The van der Waals surface area contributed by atoms with E-state index in [-0.39, 0.29) is 19.2 Å². The summed E-state index contributed by atoms with van der Waals surface area (Å²) in [6.45, 7) is -0.0795. The quantitative estimate of drug-likeness (QED) is 0.649. The van der Waals surface area contributed by atoms with Crippen LogP contribution in [0.25, 0.3) is 0 Å². The van der Waals surface area contributed by atoms with Crippen LogP contribution in [-0.4, -0.2) is 30.1 Å². The van der Waals surface area contributed by atoms with Crippen LogP contribution < -0.4 is 20.1 Å². The molecule has 148 valence electrons. The van der Waals surface area contributed by atoms with Crippen LogP contribution in [0.1, 0.15) is 20.8 Å². The number of rotatable bonds is 6. The summed E-state index contributed by atoms with van der Waals surface area (Å²) in [4.78, 5) is 29.3. The van der Waals surface area contributed by atoms with Crippen LogP contribution in [0.15, 0.2) is 48.7 Å². The average molecular weight is 413 g/mol. The Morgan fingerprint density at radius 2 is 2.00 bits per heavy atom. The van der Waals surface area contributed by atoms with Crippen LogP contribution in [0, 0.1) is 5.82 Å². The van der Waals surface area contributed by atoms with E-state index in [1.807, 2.05) is 6.07 Å². The molecule has 2 amide bonds. The van der Waals surface area contributed by atoms with E-state index in [4.69, 9.17) is 9.47 Å². The molecule has 7 nitrogen and oxygen atoms in total. The van der Waals surface area contributed by atoms with Crippen molar-refractivity contribution in [3.63, 3.8) is 0 Å². The molecule has 0 bridgehead atoms. The summed E-state index contributed by atoms with van der Waals surface area (Å²) in [5, 5.41) is 5.61. The van der Waals surface area contributed by atoms with Gasteiger partial charge in [0.15, 0.2) is 16.6 Å². The zero-order chi connectivity index (χ0) is 20.2. The minimum atomic E-state index is -0.399. The van der Waals surface area contributed by atoms with Crippen LogP contribution in [0.5, 0.6) is 11.5 Å². The van der Waals surface area contributed by atoms with Gasteiger partial charge in [0.25, 0.3) is 5.91 Å². The van der Waals surface area contributed by atoms with E-state index in [1.165, 1.54) is 23.5 Å². The lowest BCUT2D eigenvalue weighted by atomic mass is 10.1. The number of ether oxygens (including phenoxy) is 2. The molecule has 29 heavy (non-hydrogen) atoms. The van der Waals surface area contributed by atoms with Crippen LogP contribution >= 0.6 is 11.3 Å². The topological polar surface area (TPSA) is 89.6 Å². The third-order valence-corrected chi connectivity index (χ3v) is 5.02. The summed E-state index contributed by atoms with van der Waals surface area (Å²) >= 11 is 1.30. The Balaban J connectivity index is 1.28. The Bertz CT molecular complexity index is 1070. The number of amides is 2. The van der Waals surface area contributed by atoms with E-state index in [0.29, 0.717) is 28.6 Å². The zero-order valence-corrected chi connectivity index (χ0v) is 15.9. The summed E-state index contributed by atoms with van der Waals surface area (Å²) in [7, 11) is 0. The van der Waals surface area contributed by atoms with Crippen LogP contribution in [0.4, 0.5) is 9.52 Å². The van der Waals surface area contributed by atoms with Gasteiger partial charge in [-0.05, 0) is 35.9 Å². The largest absolute Gasteiger partial charge is 0.454 e. The third kappa shape index (κ3) is 4.69. The van der Waals surface area contributed by atoms with E-state index < -0.39 is 11.8 Å². The third-order valence-electron chi connectivity index (χ3n) is 4.11. The van der Waals surface area contributed by atoms with Crippen molar-refractivity contribution in [3.05, 3.63) is 70.5 Å². The molecule has 2 N–H and O–H groups in total. The molecule has 0 unspecified atom stereocenters. The van der Waals surface area contributed by atoms with E-state index >= 15 is 0 Å². The highest BCUT2D eigenvalue weighted by molar-refractivity contribution is 7.15. The molecule has 0 fully saturated rings. The van der Waals surface area contributed by atoms with Gasteiger partial charge >= 0.3 is 0 Å². The van der Waals surface area contributed by atoms with Gasteiger partial charge in [0.05, 0.1) is 6.54 Å². The molecule has 2 aromatic carbocycles. The second kappa shape index (κ2) is 8.27. The Morgan fingerprint density at radius 1 is 1.14 bits per heavy atom. The lowest BCUT2D eigenvalue weighted by Crippen LogP contribution is -2.32. The minimum absolute atomic E-state index is 0.123. The van der Waals surface area contributed by atoms with Gasteiger partial charge < -0.3 is 20.1 Å².